The van der Waals surface area contributed by atoms with Crippen LogP contribution < -0.4 is 11.1 Å². The van der Waals surface area contributed by atoms with Gasteiger partial charge in [-0.25, -0.2) is 0 Å². The largest absolute Gasteiger partial charge is 0.354 e. The highest BCUT2D eigenvalue weighted by Crippen LogP contribution is 2.21. The molecule has 3 N–H and O–H groups in total. The molecule has 0 unspecified atom stereocenters. The number of amides is 1. The Morgan fingerprint density at radius 2 is 2.23 bits per heavy atom. The Morgan fingerprint density at radius 3 is 2.77 bits per heavy atom. The van der Waals surface area contributed by atoms with E-state index < -0.39 is 0 Å². The molecule has 0 aromatic heterocycles. The molecule has 13 heavy (non-hydrogen) atoms. The minimum atomic E-state index is -0.377. The quantitative estimate of drug-likeness (QED) is 0.704. The third kappa shape index (κ3) is 4.00. The van der Waals surface area contributed by atoms with E-state index in [0.717, 1.165) is 6.54 Å². The number of hydrogen-bond donors (Lipinski definition) is 2. The van der Waals surface area contributed by atoms with E-state index in [2.05, 4.69) is 5.32 Å². The Kier molecular flexibility index (Phi) is 4.59. The second kappa shape index (κ2) is 5.50. The molecule has 0 radical (unpaired) electrons. The van der Waals surface area contributed by atoms with Crippen molar-refractivity contribution in [2.24, 2.45) is 11.7 Å². The Hall–Kier alpha value is -0.220. The summed E-state index contributed by atoms with van der Waals surface area (Å²) in [4.78, 5) is 11.1. The molecule has 1 saturated heterocycles. The summed E-state index contributed by atoms with van der Waals surface area (Å²) < 4.78 is 0. The monoisotopic (exact) mass is 202 g/mol. The van der Waals surface area contributed by atoms with Crippen molar-refractivity contribution >= 4 is 17.7 Å². The molecule has 1 atom stereocenters. The van der Waals surface area contributed by atoms with Crippen molar-refractivity contribution < 1.29 is 4.79 Å². The molecule has 0 aromatic rings. The van der Waals surface area contributed by atoms with Crippen molar-refractivity contribution in [3.63, 3.8) is 0 Å². The molecule has 0 aromatic carbocycles. The fraction of sp³-hybridized carbons (Fsp3) is 0.889. The highest BCUT2D eigenvalue weighted by Gasteiger charge is 2.15. The fourth-order valence-corrected chi connectivity index (χ4v) is 2.56. The van der Waals surface area contributed by atoms with E-state index in [1.807, 2.05) is 11.8 Å². The molecule has 0 bridgehead atoms. The predicted octanol–water partition coefficient (Wildman–Crippen LogP) is 0.593. The number of rotatable bonds is 3. The van der Waals surface area contributed by atoms with Crippen molar-refractivity contribution in [1.29, 1.82) is 0 Å². The van der Waals surface area contributed by atoms with Gasteiger partial charge in [-0.1, -0.05) is 0 Å². The summed E-state index contributed by atoms with van der Waals surface area (Å²) >= 11 is 2.00. The van der Waals surface area contributed by atoms with Crippen molar-refractivity contribution in [1.82, 2.24) is 5.32 Å². The third-order valence-corrected chi connectivity index (χ3v) is 3.37. The van der Waals surface area contributed by atoms with E-state index in [0.29, 0.717) is 5.92 Å². The molecule has 0 saturated carbocycles. The average Bonchev–Trinajstić information content (AvgIpc) is 2.15. The minimum absolute atomic E-state index is 0.0294. The Bertz CT molecular complexity index is 167. The molecule has 0 spiro atoms. The lowest BCUT2D eigenvalue weighted by atomic mass is 10.0. The van der Waals surface area contributed by atoms with Crippen LogP contribution in [0.1, 0.15) is 19.8 Å². The van der Waals surface area contributed by atoms with Crippen LogP contribution in [0.15, 0.2) is 0 Å². The van der Waals surface area contributed by atoms with Crippen molar-refractivity contribution in [3.05, 3.63) is 0 Å². The maximum Gasteiger partial charge on any atom is 0.236 e. The average molecular weight is 202 g/mol. The lowest BCUT2D eigenvalue weighted by molar-refractivity contribution is -0.122. The summed E-state index contributed by atoms with van der Waals surface area (Å²) in [5.74, 6) is 3.11. The van der Waals surface area contributed by atoms with Gasteiger partial charge in [0.25, 0.3) is 0 Å². The molecule has 3 nitrogen and oxygen atoms in total. The van der Waals surface area contributed by atoms with E-state index in [1.165, 1.54) is 24.3 Å². The minimum Gasteiger partial charge on any atom is -0.354 e. The fourth-order valence-electron chi connectivity index (χ4n) is 1.36. The zero-order valence-corrected chi connectivity index (χ0v) is 8.90. The standard InChI is InChI=1S/C9H18N2OS/c1-7(10)9(12)11-6-8-2-4-13-5-3-8/h7-8H,2-6,10H2,1H3,(H,11,12)/t7-/m0/s1. The molecule has 76 valence electrons. The Balaban J connectivity index is 2.13. The summed E-state index contributed by atoms with van der Waals surface area (Å²) in [6.07, 6.45) is 2.45. The van der Waals surface area contributed by atoms with Crippen LogP contribution >= 0.6 is 11.8 Å². The molecule has 1 fully saturated rings. The normalized spacial score (nSPS) is 21.1. The second-order valence-electron chi connectivity index (χ2n) is 3.59. The highest BCUT2D eigenvalue weighted by atomic mass is 32.2. The van der Waals surface area contributed by atoms with Crippen molar-refractivity contribution in [3.8, 4) is 0 Å². The maximum absolute atomic E-state index is 11.1. The van der Waals surface area contributed by atoms with E-state index in [-0.39, 0.29) is 11.9 Å². The lowest BCUT2D eigenvalue weighted by Gasteiger charge is -2.21. The predicted molar refractivity (Wildman–Crippen MR) is 56.7 cm³/mol. The van der Waals surface area contributed by atoms with Gasteiger partial charge in [-0.05, 0) is 37.2 Å². The van der Waals surface area contributed by atoms with E-state index in [9.17, 15) is 4.79 Å². The van der Waals surface area contributed by atoms with E-state index >= 15 is 0 Å². The van der Waals surface area contributed by atoms with Crippen LogP contribution in [0.25, 0.3) is 0 Å². The van der Waals surface area contributed by atoms with E-state index in [1.54, 1.807) is 6.92 Å². The number of nitrogens with two attached hydrogens (primary N) is 1. The van der Waals surface area contributed by atoms with Gasteiger partial charge < -0.3 is 11.1 Å². The van der Waals surface area contributed by atoms with Gasteiger partial charge in [-0.3, -0.25) is 4.79 Å². The Morgan fingerprint density at radius 1 is 1.62 bits per heavy atom. The topological polar surface area (TPSA) is 55.1 Å². The molecule has 1 aliphatic rings. The molecule has 1 heterocycles. The number of hydrogen-bond acceptors (Lipinski definition) is 3. The van der Waals surface area contributed by atoms with Gasteiger partial charge in [0.15, 0.2) is 0 Å². The first-order valence-electron chi connectivity index (χ1n) is 4.81. The SMILES string of the molecule is C[C@H](N)C(=O)NCC1CCSCC1. The first kappa shape index (κ1) is 10.9. The van der Waals surface area contributed by atoms with Crippen LogP contribution in [0.3, 0.4) is 0 Å². The molecule has 0 aliphatic carbocycles. The highest BCUT2D eigenvalue weighted by molar-refractivity contribution is 7.99. The number of carbonyl (C=O) groups is 1. The van der Waals surface area contributed by atoms with Gasteiger partial charge >= 0.3 is 0 Å². The first-order valence-corrected chi connectivity index (χ1v) is 5.96. The maximum atomic E-state index is 11.1. The van der Waals surface area contributed by atoms with Gasteiger partial charge in [0.2, 0.25) is 5.91 Å². The van der Waals surface area contributed by atoms with Crippen LogP contribution in [-0.2, 0) is 4.79 Å². The summed E-state index contributed by atoms with van der Waals surface area (Å²) in [5, 5.41) is 2.88. The van der Waals surface area contributed by atoms with Crippen molar-refractivity contribution in [2.45, 2.75) is 25.8 Å². The lowest BCUT2D eigenvalue weighted by Crippen LogP contribution is -2.40. The Labute approximate surface area is 83.8 Å². The summed E-state index contributed by atoms with van der Waals surface area (Å²) in [5.41, 5.74) is 5.44. The summed E-state index contributed by atoms with van der Waals surface area (Å²) in [6.45, 7) is 2.52. The number of thioether (sulfide) groups is 1. The van der Waals surface area contributed by atoms with Crippen LogP contribution in [0, 0.1) is 5.92 Å². The third-order valence-electron chi connectivity index (χ3n) is 2.32. The zero-order chi connectivity index (χ0) is 9.68. The molecule has 1 amide bonds. The molecule has 4 heteroatoms. The van der Waals surface area contributed by atoms with Crippen LogP contribution in [0.2, 0.25) is 0 Å². The molecular weight excluding hydrogens is 184 g/mol. The van der Waals surface area contributed by atoms with Gasteiger partial charge in [0, 0.05) is 6.54 Å². The molecule has 1 rings (SSSR count). The van der Waals surface area contributed by atoms with Crippen LogP contribution in [0.4, 0.5) is 0 Å². The summed E-state index contributed by atoms with van der Waals surface area (Å²) in [7, 11) is 0. The van der Waals surface area contributed by atoms with Gasteiger partial charge in [0.05, 0.1) is 6.04 Å². The second-order valence-corrected chi connectivity index (χ2v) is 4.81. The number of nitrogens with one attached hydrogen (secondary N) is 1. The summed E-state index contributed by atoms with van der Waals surface area (Å²) in [6, 6.07) is -0.377. The van der Waals surface area contributed by atoms with Crippen LogP contribution in [-0.4, -0.2) is 30.0 Å². The smallest absolute Gasteiger partial charge is 0.236 e. The van der Waals surface area contributed by atoms with Gasteiger partial charge in [0.1, 0.15) is 0 Å². The van der Waals surface area contributed by atoms with Gasteiger partial charge in [-0.15, -0.1) is 0 Å². The van der Waals surface area contributed by atoms with E-state index in [4.69, 9.17) is 5.73 Å². The first-order chi connectivity index (χ1) is 6.20. The molecule has 1 aliphatic heterocycles. The van der Waals surface area contributed by atoms with Crippen molar-refractivity contribution in [2.75, 3.05) is 18.1 Å². The van der Waals surface area contributed by atoms with Gasteiger partial charge in [-0.2, -0.15) is 11.8 Å². The molecular formula is C9H18N2OS. The zero-order valence-electron chi connectivity index (χ0n) is 8.08. The van der Waals surface area contributed by atoms with Crippen LogP contribution in [0.5, 0.6) is 0 Å². The number of carbonyl (C=O) groups excluding carboxylic acids is 1.